The minimum absolute atomic E-state index is 0.0531. The summed E-state index contributed by atoms with van der Waals surface area (Å²) in [6.07, 6.45) is 0.781. The molecular weight excluding hydrogens is 1470 g/mol. The molecule has 7 rings (SSSR count). The number of thioether (sulfide) groups is 1. The number of nitro benzene ring substituents is 1. The predicted octanol–water partition coefficient (Wildman–Crippen LogP) is 24.9. The third kappa shape index (κ3) is 28.7. The highest BCUT2D eigenvalue weighted by Crippen LogP contribution is 3.02. The van der Waals surface area contributed by atoms with Crippen LogP contribution in [0.5, 0.6) is 0 Å². The highest BCUT2D eigenvalue weighted by Gasteiger charge is 2.69. The van der Waals surface area contributed by atoms with Gasteiger partial charge in [0, 0.05) is 6.26 Å². The Bertz CT molecular complexity index is 4140. The van der Waals surface area contributed by atoms with Crippen LogP contribution in [0.15, 0.2) is 129 Å². The van der Waals surface area contributed by atoms with Gasteiger partial charge in [-0.25, -0.2) is 56.3 Å². The molecule has 101 heavy (non-hydrogen) atoms. The van der Waals surface area contributed by atoms with Crippen LogP contribution in [0.2, 0.25) is 0 Å². The lowest BCUT2D eigenvalue weighted by molar-refractivity contribution is -0.390. The molecule has 7 aromatic carbocycles. The molecule has 0 atom stereocenters. The maximum Gasteiger partial charge on any atom is 0.502 e. The van der Waals surface area contributed by atoms with Crippen molar-refractivity contribution in [3.05, 3.63) is 228 Å². The molecule has 7 aromatic rings. The highest BCUT2D eigenvalue weighted by atomic mass is 32.5. The number of nitriles is 1. The van der Waals surface area contributed by atoms with Crippen molar-refractivity contribution in [2.24, 2.45) is 0 Å². The van der Waals surface area contributed by atoms with E-state index in [2.05, 4.69) is 33.8 Å². The molecule has 0 aromatic heterocycles. The van der Waals surface area contributed by atoms with Crippen molar-refractivity contribution in [2.45, 2.75) is 169 Å². The Morgan fingerprint density at radius 3 is 0.911 bits per heavy atom. The summed E-state index contributed by atoms with van der Waals surface area (Å²) < 4.78 is 323. The fourth-order valence-electron chi connectivity index (χ4n) is 7.84. The largest absolute Gasteiger partial charge is 0.502 e. The van der Waals surface area contributed by atoms with Gasteiger partial charge in [-0.15, -0.1) is 0 Å². The van der Waals surface area contributed by atoms with Crippen LogP contribution in [0.25, 0.3) is 0 Å². The average molecular weight is 1550 g/mol. The van der Waals surface area contributed by atoms with Crippen LogP contribution >= 0.6 is 22.0 Å². The van der Waals surface area contributed by atoms with E-state index in [1.807, 2.05) is 36.4 Å². The number of hydrogen-bond donors (Lipinski definition) is 0. The van der Waals surface area contributed by atoms with Gasteiger partial charge in [-0.3, -0.25) is 10.1 Å². The lowest BCUT2D eigenvalue weighted by Crippen LogP contribution is -2.25. The molecule has 0 fully saturated rings. The number of sulfone groups is 2. The molecule has 562 valence electrons. The van der Waals surface area contributed by atoms with Gasteiger partial charge < -0.3 is 0 Å². The summed E-state index contributed by atoms with van der Waals surface area (Å²) in [5.41, 5.74) is -7.19. The maximum atomic E-state index is 13.4. The molecule has 0 saturated carbocycles. The SMILES string of the molecule is CC(C)c1cc(F)c(S(=O)(=O)C(F)(F)F)c(F)c1.CC(C)c1cc(F)c(S(C)(=O)=O)c(F)c1.CC(C)c1cc(F)c(S(F)(F)(F)(F)F)c(F)c1.CC(C)c1cc(F)c(SC(F)(F)F)c(F)c1.CC(C)c1cc(F)c([N+](=O)[O-])c(F)c1.CC(C)c1ccc(C#N)cc1.CC(C)c1ccc(F)cc1. The van der Waals surface area contributed by atoms with Crippen molar-refractivity contribution in [3.63, 3.8) is 0 Å². The topological polar surface area (TPSA) is 135 Å². The monoisotopic (exact) mass is 1540 g/mol. The first kappa shape index (κ1) is 91.5. The zero-order valence-electron chi connectivity index (χ0n) is 56.2. The molecule has 0 aliphatic rings. The van der Waals surface area contributed by atoms with E-state index in [9.17, 15) is 121 Å². The van der Waals surface area contributed by atoms with Gasteiger partial charge in [0.25, 0.3) is 9.84 Å². The molecule has 34 heteroatoms. The van der Waals surface area contributed by atoms with Crippen LogP contribution in [0, 0.1) is 85.4 Å². The number of halogens is 22. The lowest BCUT2D eigenvalue weighted by atomic mass is 10.0. The van der Waals surface area contributed by atoms with Gasteiger partial charge in [0.1, 0.15) is 62.1 Å². The Morgan fingerprint density at radius 2 is 0.673 bits per heavy atom. The second-order valence-corrected chi connectivity index (χ2v) is 31.2. The van der Waals surface area contributed by atoms with E-state index in [-0.39, 0.29) is 52.7 Å². The number of rotatable bonds is 12. The molecule has 0 spiro atoms. The zero-order chi connectivity index (χ0) is 79.0. The van der Waals surface area contributed by atoms with Crippen LogP contribution in [0.1, 0.15) is 183 Å². The standard InChI is InChI=1S/C10H9F5O2S.C10H9F5S.C10H12F2O2S.C10H11N.C9H9F7S.C9H9F2NO2.C9H11F/c1-5(2)6-3-7(11)9(8(12)4-6)18(16,17)10(13,14)15;1-5(2)6-3-7(11)9(8(12)4-6)16-10(13,14)15;1-6(2)7-4-8(11)10(9(12)5-7)15(3,13)14;1-8(2)10-5-3-9(7-11)4-6-10;1-5(2)6-3-7(10)9(8(11)4-6)17(12,13,14,15)16;1-5(2)6-3-7(10)9(12(13)14)8(11)4-6;1-7(2)8-3-5-9(10)6-4-8/h3-5H,1-2H3;3-5H,1-2H3;4-6H,1-3H3;3-6,8H,1-2H3;3-5H,1-2H3;3-5H,1-2H3;3-7H,1-2H3. The van der Waals surface area contributed by atoms with Crippen molar-refractivity contribution in [1.29, 1.82) is 5.26 Å². The van der Waals surface area contributed by atoms with Gasteiger partial charge in [-0.05, 0) is 177 Å². The van der Waals surface area contributed by atoms with E-state index in [1.54, 1.807) is 55.4 Å². The summed E-state index contributed by atoms with van der Waals surface area (Å²) in [5.74, 6) is -14.9. The Morgan fingerprint density at radius 1 is 0.416 bits per heavy atom. The summed E-state index contributed by atoms with van der Waals surface area (Å²) in [7, 11) is -20.2. The predicted molar refractivity (Wildman–Crippen MR) is 344 cm³/mol. The molecule has 0 N–H and O–H groups in total. The first-order valence-corrected chi connectivity index (χ1v) is 35.5. The van der Waals surface area contributed by atoms with Crippen LogP contribution in [0.4, 0.5) is 99.8 Å². The van der Waals surface area contributed by atoms with Crippen molar-refractivity contribution < 1.29 is 116 Å². The molecule has 0 bridgehead atoms. The minimum Gasteiger partial charge on any atom is -0.258 e. The van der Waals surface area contributed by atoms with Crippen molar-refractivity contribution in [2.75, 3.05) is 6.26 Å². The molecule has 0 radical (unpaired) electrons. The van der Waals surface area contributed by atoms with Gasteiger partial charge in [0.15, 0.2) is 14.7 Å². The molecule has 0 unspecified atom stereocenters. The van der Waals surface area contributed by atoms with Crippen LogP contribution < -0.4 is 0 Å². The van der Waals surface area contributed by atoms with E-state index < -0.39 is 147 Å². The minimum atomic E-state index is -10.3. The fraction of sp³-hybridized carbons (Fsp3) is 0.358. The van der Waals surface area contributed by atoms with Gasteiger partial charge in [-0.2, -0.15) is 40.4 Å². The van der Waals surface area contributed by atoms with Gasteiger partial charge >= 0.3 is 26.9 Å². The average Bonchev–Trinajstić information content (AvgIpc) is 0.711. The highest BCUT2D eigenvalue weighted by molar-refractivity contribution is 8.45. The number of hydrogen-bond acceptors (Lipinski definition) is 8. The summed E-state index contributed by atoms with van der Waals surface area (Å²) in [4.78, 5) is 2.30. The second-order valence-electron chi connectivity index (χ2n) is 24.0. The van der Waals surface area contributed by atoms with E-state index in [1.165, 1.54) is 37.1 Å². The maximum absolute atomic E-state index is 13.4. The number of nitro groups is 1. The van der Waals surface area contributed by atoms with E-state index >= 15 is 0 Å². The quantitative estimate of drug-likeness (QED) is 0.0511. The van der Waals surface area contributed by atoms with Crippen molar-refractivity contribution >= 4 is 47.3 Å². The fourth-order valence-corrected chi connectivity index (χ4v) is 10.9. The summed E-state index contributed by atoms with van der Waals surface area (Å²) in [6.45, 7) is 25.0. The van der Waals surface area contributed by atoms with E-state index in [0.29, 0.717) is 40.7 Å². The molecular formula is C67H70F22N2O6S4. The van der Waals surface area contributed by atoms with Gasteiger partial charge in [-0.1, -0.05) is 141 Å². The van der Waals surface area contributed by atoms with Crippen LogP contribution in [0.3, 0.4) is 0 Å². The Kier molecular flexibility index (Phi) is 32.2. The number of alkyl halides is 6. The Balaban J connectivity index is 0.000000593. The second kappa shape index (κ2) is 35.6. The Labute approximate surface area is 574 Å². The molecule has 0 aliphatic heterocycles. The third-order valence-corrected chi connectivity index (χ3v) is 18.1. The summed E-state index contributed by atoms with van der Waals surface area (Å²) >= 11 is -0.776. The zero-order valence-corrected chi connectivity index (χ0v) is 59.5. The van der Waals surface area contributed by atoms with E-state index in [4.69, 9.17) is 5.26 Å². The van der Waals surface area contributed by atoms with Crippen LogP contribution in [-0.4, -0.2) is 39.0 Å². The molecule has 0 amide bonds. The molecule has 0 saturated heterocycles. The first-order valence-electron chi connectivity index (χ1n) is 29.4. The number of nitrogens with zero attached hydrogens (tertiary/aromatic N) is 2. The van der Waals surface area contributed by atoms with Crippen molar-refractivity contribution in [3.8, 4) is 6.07 Å². The molecule has 0 heterocycles. The van der Waals surface area contributed by atoms with Crippen LogP contribution in [-0.2, 0) is 19.7 Å². The van der Waals surface area contributed by atoms with Crippen molar-refractivity contribution in [1.82, 2.24) is 0 Å². The summed E-state index contributed by atoms with van der Waals surface area (Å²) in [6, 6.07) is 24.1. The van der Waals surface area contributed by atoms with E-state index in [0.717, 1.165) is 48.2 Å². The smallest absolute Gasteiger partial charge is 0.258 e. The van der Waals surface area contributed by atoms with Gasteiger partial charge in [0.05, 0.1) is 21.5 Å². The number of benzene rings is 7. The Hall–Kier alpha value is -7.51. The molecule has 8 nitrogen and oxygen atoms in total. The third-order valence-electron chi connectivity index (χ3n) is 13.4. The van der Waals surface area contributed by atoms with Gasteiger partial charge in [0.2, 0.25) is 11.6 Å². The summed E-state index contributed by atoms with van der Waals surface area (Å²) in [5, 5.41) is 18.8. The molecule has 0 aliphatic carbocycles. The lowest BCUT2D eigenvalue weighted by Gasteiger charge is -2.40. The first-order chi connectivity index (χ1) is 45.5. The normalized spacial score (nSPS) is 12.5.